The minimum atomic E-state index is -0.164. The Hall–Kier alpha value is -3.01. The van der Waals surface area contributed by atoms with Crippen LogP contribution in [0.2, 0.25) is 0 Å². The molecule has 1 aliphatic heterocycles. The zero-order valence-electron chi connectivity index (χ0n) is 15.6. The topological polar surface area (TPSA) is 41.6 Å². The van der Waals surface area contributed by atoms with E-state index in [0.717, 1.165) is 29.5 Å². The summed E-state index contributed by atoms with van der Waals surface area (Å²) in [5.41, 5.74) is 2.54. The minimum absolute atomic E-state index is 0.164. The summed E-state index contributed by atoms with van der Waals surface area (Å²) >= 11 is 0. The molecular weight excluding hydrogens is 336 g/mol. The molecule has 0 bridgehead atoms. The monoisotopic (exact) mass is 360 g/mol. The molecule has 1 heterocycles. The van der Waals surface area contributed by atoms with Crippen LogP contribution >= 0.6 is 0 Å². The molecule has 0 unspecified atom stereocenters. The molecule has 1 N–H and O–H groups in total. The van der Waals surface area contributed by atoms with Gasteiger partial charge < -0.3 is 15.0 Å². The summed E-state index contributed by atoms with van der Waals surface area (Å²) in [6.45, 7) is 2.22. The van der Waals surface area contributed by atoms with Gasteiger partial charge in [0, 0.05) is 24.5 Å². The zero-order chi connectivity index (χ0) is 18.6. The quantitative estimate of drug-likeness (QED) is 0.704. The van der Waals surface area contributed by atoms with Crippen LogP contribution in [-0.2, 0) is 0 Å². The molecule has 0 radical (unpaired) electrons. The minimum Gasteiger partial charge on any atom is -0.496 e. The van der Waals surface area contributed by atoms with E-state index in [-0.39, 0.29) is 5.91 Å². The van der Waals surface area contributed by atoms with Crippen LogP contribution in [-0.4, -0.2) is 26.1 Å². The average Bonchev–Trinajstić information content (AvgIpc) is 2.74. The van der Waals surface area contributed by atoms with E-state index in [9.17, 15) is 4.79 Å². The molecule has 0 aliphatic carbocycles. The molecule has 3 aromatic carbocycles. The number of hydrogen-bond donors (Lipinski definition) is 1. The van der Waals surface area contributed by atoms with Gasteiger partial charge in [0.2, 0.25) is 0 Å². The molecule has 0 saturated carbocycles. The molecule has 1 aliphatic rings. The first-order valence-corrected chi connectivity index (χ1v) is 9.48. The molecule has 0 spiro atoms. The fourth-order valence-electron chi connectivity index (χ4n) is 3.67. The van der Waals surface area contributed by atoms with E-state index < -0.39 is 0 Å². The Kier molecular flexibility index (Phi) is 4.97. The number of carbonyl (C=O) groups excluding carboxylic acids is 1. The van der Waals surface area contributed by atoms with E-state index in [0.29, 0.717) is 11.3 Å². The van der Waals surface area contributed by atoms with Gasteiger partial charge in [-0.05, 0) is 66.4 Å². The molecule has 1 saturated heterocycles. The summed E-state index contributed by atoms with van der Waals surface area (Å²) in [6, 6.07) is 19.8. The van der Waals surface area contributed by atoms with Crippen molar-refractivity contribution in [3.05, 3.63) is 66.2 Å². The van der Waals surface area contributed by atoms with Crippen LogP contribution in [0.1, 0.15) is 29.6 Å². The fourth-order valence-corrected chi connectivity index (χ4v) is 3.67. The predicted molar refractivity (Wildman–Crippen MR) is 111 cm³/mol. The number of nitrogens with zero attached hydrogens (tertiary/aromatic N) is 1. The molecule has 3 aromatic rings. The standard InChI is InChI=1S/C23H24N2O2/c1-27-22-16-18-8-4-3-7-17(18)15-21(22)23(26)24-19-9-11-20(12-10-19)25-13-5-2-6-14-25/h3-4,7-12,15-16H,2,5-6,13-14H2,1H3,(H,24,26). The Morgan fingerprint density at radius 3 is 2.26 bits per heavy atom. The third-order valence-corrected chi connectivity index (χ3v) is 5.16. The Morgan fingerprint density at radius 1 is 0.926 bits per heavy atom. The summed E-state index contributed by atoms with van der Waals surface area (Å²) in [5, 5.41) is 5.06. The molecular formula is C23H24N2O2. The molecule has 1 amide bonds. The van der Waals surface area contributed by atoms with E-state index in [1.54, 1.807) is 7.11 Å². The highest BCUT2D eigenvalue weighted by Crippen LogP contribution is 2.27. The number of rotatable bonds is 4. The lowest BCUT2D eigenvalue weighted by atomic mass is 10.1. The van der Waals surface area contributed by atoms with Crippen molar-refractivity contribution in [2.24, 2.45) is 0 Å². The molecule has 27 heavy (non-hydrogen) atoms. The van der Waals surface area contributed by atoms with Crippen LogP contribution in [0.25, 0.3) is 10.8 Å². The van der Waals surface area contributed by atoms with Gasteiger partial charge in [0.1, 0.15) is 5.75 Å². The second kappa shape index (κ2) is 7.70. The number of amides is 1. The smallest absolute Gasteiger partial charge is 0.259 e. The summed E-state index contributed by atoms with van der Waals surface area (Å²) in [6.07, 6.45) is 3.82. The van der Waals surface area contributed by atoms with Crippen LogP contribution in [0, 0.1) is 0 Å². The summed E-state index contributed by atoms with van der Waals surface area (Å²) in [5.74, 6) is 0.416. The van der Waals surface area contributed by atoms with Crippen LogP contribution < -0.4 is 15.0 Å². The van der Waals surface area contributed by atoms with Gasteiger partial charge in [-0.1, -0.05) is 24.3 Å². The average molecular weight is 360 g/mol. The van der Waals surface area contributed by atoms with Gasteiger partial charge in [0.05, 0.1) is 12.7 Å². The summed E-state index contributed by atoms with van der Waals surface area (Å²) < 4.78 is 5.44. The van der Waals surface area contributed by atoms with Gasteiger partial charge in [-0.15, -0.1) is 0 Å². The zero-order valence-corrected chi connectivity index (χ0v) is 15.6. The van der Waals surface area contributed by atoms with Crippen LogP contribution in [0.3, 0.4) is 0 Å². The third-order valence-electron chi connectivity index (χ3n) is 5.16. The number of carbonyl (C=O) groups is 1. The van der Waals surface area contributed by atoms with E-state index in [1.165, 1.54) is 24.9 Å². The normalized spacial score (nSPS) is 14.2. The number of benzene rings is 3. The molecule has 4 nitrogen and oxygen atoms in total. The van der Waals surface area contributed by atoms with Crippen LogP contribution in [0.15, 0.2) is 60.7 Å². The van der Waals surface area contributed by atoms with E-state index in [4.69, 9.17) is 4.74 Å². The van der Waals surface area contributed by atoms with E-state index >= 15 is 0 Å². The number of methoxy groups -OCH3 is 1. The largest absolute Gasteiger partial charge is 0.496 e. The second-order valence-corrected chi connectivity index (χ2v) is 6.95. The number of hydrogen-bond acceptors (Lipinski definition) is 3. The maximum atomic E-state index is 12.8. The van der Waals surface area contributed by atoms with E-state index in [1.807, 2.05) is 48.5 Å². The van der Waals surface area contributed by atoms with Gasteiger partial charge in [-0.2, -0.15) is 0 Å². The van der Waals surface area contributed by atoms with Crippen molar-refractivity contribution in [2.75, 3.05) is 30.4 Å². The number of fused-ring (bicyclic) bond motifs is 1. The molecule has 4 heteroatoms. The van der Waals surface area contributed by atoms with Gasteiger partial charge >= 0.3 is 0 Å². The lowest BCUT2D eigenvalue weighted by Crippen LogP contribution is -2.29. The number of nitrogens with one attached hydrogen (secondary N) is 1. The van der Waals surface area contributed by atoms with E-state index in [2.05, 4.69) is 22.3 Å². The Labute approximate surface area is 159 Å². The highest BCUT2D eigenvalue weighted by Gasteiger charge is 2.15. The highest BCUT2D eigenvalue weighted by atomic mass is 16.5. The van der Waals surface area contributed by atoms with Gasteiger partial charge in [-0.3, -0.25) is 4.79 Å². The third kappa shape index (κ3) is 3.75. The Balaban J connectivity index is 1.54. The van der Waals surface area contributed by atoms with Gasteiger partial charge in [0.15, 0.2) is 0 Å². The number of anilines is 2. The van der Waals surface area contributed by atoms with Crippen molar-refractivity contribution in [3.63, 3.8) is 0 Å². The first kappa shape index (κ1) is 17.4. The fraction of sp³-hybridized carbons (Fsp3) is 0.261. The van der Waals surface area contributed by atoms with Crippen LogP contribution in [0.5, 0.6) is 5.75 Å². The number of piperidine rings is 1. The SMILES string of the molecule is COc1cc2ccccc2cc1C(=O)Nc1ccc(N2CCCCC2)cc1. The van der Waals surface area contributed by atoms with Crippen molar-refractivity contribution in [1.82, 2.24) is 0 Å². The maximum absolute atomic E-state index is 12.8. The Bertz CT molecular complexity index is 944. The highest BCUT2D eigenvalue weighted by molar-refractivity contribution is 6.08. The molecule has 0 atom stereocenters. The molecule has 4 rings (SSSR count). The second-order valence-electron chi connectivity index (χ2n) is 6.95. The molecule has 1 fully saturated rings. The van der Waals surface area contributed by atoms with Gasteiger partial charge in [0.25, 0.3) is 5.91 Å². The summed E-state index contributed by atoms with van der Waals surface area (Å²) in [4.78, 5) is 15.2. The lowest BCUT2D eigenvalue weighted by molar-refractivity contribution is 0.102. The van der Waals surface area contributed by atoms with Crippen molar-refractivity contribution in [2.45, 2.75) is 19.3 Å². The maximum Gasteiger partial charge on any atom is 0.259 e. The molecule has 138 valence electrons. The molecule has 0 aromatic heterocycles. The predicted octanol–water partition coefficient (Wildman–Crippen LogP) is 5.09. The lowest BCUT2D eigenvalue weighted by Gasteiger charge is -2.28. The first-order valence-electron chi connectivity index (χ1n) is 9.48. The van der Waals surface area contributed by atoms with Crippen molar-refractivity contribution < 1.29 is 9.53 Å². The number of ether oxygens (including phenoxy) is 1. The van der Waals surface area contributed by atoms with Crippen molar-refractivity contribution in [1.29, 1.82) is 0 Å². The van der Waals surface area contributed by atoms with Gasteiger partial charge in [-0.25, -0.2) is 0 Å². The Morgan fingerprint density at radius 2 is 1.59 bits per heavy atom. The van der Waals surface area contributed by atoms with Crippen molar-refractivity contribution >= 4 is 28.1 Å². The summed E-state index contributed by atoms with van der Waals surface area (Å²) in [7, 11) is 1.59. The first-order chi connectivity index (χ1) is 13.2. The van der Waals surface area contributed by atoms with Crippen LogP contribution in [0.4, 0.5) is 11.4 Å². The van der Waals surface area contributed by atoms with Crippen molar-refractivity contribution in [3.8, 4) is 5.75 Å².